The van der Waals surface area contributed by atoms with Gasteiger partial charge in [-0.1, -0.05) is 27.6 Å². The Kier molecular flexibility index (Phi) is 3.67. The molecule has 1 heterocycles. The van der Waals surface area contributed by atoms with Crippen molar-refractivity contribution >= 4 is 15.9 Å². The molecule has 80 valence electrons. The summed E-state index contributed by atoms with van der Waals surface area (Å²) in [6.07, 6.45) is 11.3. The van der Waals surface area contributed by atoms with E-state index in [9.17, 15) is 0 Å². The minimum Gasteiger partial charge on any atom is -0.374 e. The summed E-state index contributed by atoms with van der Waals surface area (Å²) < 4.78 is 5.99. The molecular weight excluding hydrogens is 240 g/mol. The van der Waals surface area contributed by atoms with Crippen molar-refractivity contribution in [3.05, 3.63) is 11.6 Å². The standard InChI is InChI=1S/C12H19BrO/c13-10-12(7-3-4-8-14-12)9-11-5-1-2-6-11/h5H,1-4,6-10H2. The van der Waals surface area contributed by atoms with Crippen molar-refractivity contribution in [2.24, 2.45) is 0 Å². The normalized spacial score (nSPS) is 33.1. The molecule has 0 aromatic carbocycles. The van der Waals surface area contributed by atoms with Crippen molar-refractivity contribution < 1.29 is 4.74 Å². The summed E-state index contributed by atoms with van der Waals surface area (Å²) in [6, 6.07) is 0. The molecule has 2 aliphatic rings. The molecule has 0 aromatic rings. The van der Waals surface area contributed by atoms with Crippen LogP contribution < -0.4 is 0 Å². The Morgan fingerprint density at radius 3 is 2.86 bits per heavy atom. The molecule has 1 nitrogen and oxygen atoms in total. The SMILES string of the molecule is BrCC1(CC2=CCCC2)CCCCO1. The van der Waals surface area contributed by atoms with Gasteiger partial charge < -0.3 is 4.74 Å². The van der Waals surface area contributed by atoms with Crippen LogP contribution in [0.5, 0.6) is 0 Å². The fourth-order valence-corrected chi connectivity index (χ4v) is 3.15. The van der Waals surface area contributed by atoms with Crippen molar-refractivity contribution in [1.82, 2.24) is 0 Å². The van der Waals surface area contributed by atoms with Gasteiger partial charge in [0.15, 0.2) is 0 Å². The number of hydrogen-bond acceptors (Lipinski definition) is 1. The van der Waals surface area contributed by atoms with Gasteiger partial charge in [-0.15, -0.1) is 0 Å². The van der Waals surface area contributed by atoms with Gasteiger partial charge in [0, 0.05) is 11.9 Å². The van der Waals surface area contributed by atoms with Crippen molar-refractivity contribution in [2.75, 3.05) is 11.9 Å². The highest BCUT2D eigenvalue weighted by atomic mass is 79.9. The van der Waals surface area contributed by atoms with Crippen molar-refractivity contribution in [2.45, 2.75) is 50.5 Å². The Morgan fingerprint density at radius 1 is 1.36 bits per heavy atom. The summed E-state index contributed by atoms with van der Waals surface area (Å²) in [5.41, 5.74) is 1.76. The lowest BCUT2D eigenvalue weighted by atomic mass is 9.89. The zero-order chi connectivity index (χ0) is 9.86. The fraction of sp³-hybridized carbons (Fsp3) is 0.833. The van der Waals surface area contributed by atoms with Crippen LogP contribution in [0.4, 0.5) is 0 Å². The average Bonchev–Trinajstić information content (AvgIpc) is 2.72. The third kappa shape index (κ3) is 2.40. The number of hydrogen-bond donors (Lipinski definition) is 0. The first-order valence-electron chi connectivity index (χ1n) is 5.72. The Hall–Kier alpha value is 0.180. The molecule has 2 rings (SSSR count). The number of allylic oxidation sites excluding steroid dienone is 1. The van der Waals surface area contributed by atoms with Gasteiger partial charge in [-0.3, -0.25) is 0 Å². The number of halogens is 1. The summed E-state index contributed by atoms with van der Waals surface area (Å²) in [5, 5.41) is 0.997. The van der Waals surface area contributed by atoms with E-state index < -0.39 is 0 Å². The fourth-order valence-electron chi connectivity index (χ4n) is 2.51. The van der Waals surface area contributed by atoms with Crippen LogP contribution in [0.25, 0.3) is 0 Å². The molecule has 1 atom stereocenters. The van der Waals surface area contributed by atoms with Crippen LogP contribution in [0, 0.1) is 0 Å². The second-order valence-electron chi connectivity index (χ2n) is 4.55. The topological polar surface area (TPSA) is 9.23 Å². The molecule has 1 unspecified atom stereocenters. The van der Waals surface area contributed by atoms with Gasteiger partial charge >= 0.3 is 0 Å². The molecule has 2 heteroatoms. The molecule has 14 heavy (non-hydrogen) atoms. The van der Waals surface area contributed by atoms with Gasteiger partial charge in [-0.05, 0) is 44.9 Å². The van der Waals surface area contributed by atoms with Crippen LogP contribution in [-0.4, -0.2) is 17.5 Å². The van der Waals surface area contributed by atoms with E-state index >= 15 is 0 Å². The maximum Gasteiger partial charge on any atom is 0.0815 e. The number of rotatable bonds is 3. The van der Waals surface area contributed by atoms with Gasteiger partial charge in [0.25, 0.3) is 0 Å². The van der Waals surface area contributed by atoms with E-state index in [2.05, 4.69) is 22.0 Å². The summed E-state index contributed by atoms with van der Waals surface area (Å²) in [6.45, 7) is 0.957. The van der Waals surface area contributed by atoms with E-state index in [1.807, 2.05) is 0 Å². The molecule has 0 amide bonds. The van der Waals surface area contributed by atoms with Gasteiger partial charge in [0.2, 0.25) is 0 Å². The van der Waals surface area contributed by atoms with Gasteiger partial charge in [-0.2, -0.15) is 0 Å². The molecule has 0 saturated carbocycles. The molecule has 0 N–H and O–H groups in total. The maximum atomic E-state index is 5.99. The third-order valence-corrected chi connectivity index (χ3v) is 4.38. The van der Waals surface area contributed by atoms with Crippen LogP contribution in [0.3, 0.4) is 0 Å². The van der Waals surface area contributed by atoms with Gasteiger partial charge in [0.1, 0.15) is 0 Å². The molecule has 0 bridgehead atoms. The molecule has 1 aliphatic heterocycles. The van der Waals surface area contributed by atoms with E-state index in [0.29, 0.717) is 0 Å². The lowest BCUT2D eigenvalue weighted by Crippen LogP contribution is -2.38. The highest BCUT2D eigenvalue weighted by Crippen LogP contribution is 2.35. The van der Waals surface area contributed by atoms with Gasteiger partial charge in [0.05, 0.1) is 5.60 Å². The lowest BCUT2D eigenvalue weighted by Gasteiger charge is -2.36. The first-order valence-corrected chi connectivity index (χ1v) is 6.85. The van der Waals surface area contributed by atoms with Crippen molar-refractivity contribution in [3.63, 3.8) is 0 Å². The van der Waals surface area contributed by atoms with Crippen LogP contribution in [-0.2, 0) is 4.74 Å². The highest BCUT2D eigenvalue weighted by Gasteiger charge is 2.33. The van der Waals surface area contributed by atoms with E-state index in [0.717, 1.165) is 18.4 Å². The quantitative estimate of drug-likeness (QED) is 0.553. The predicted molar refractivity (Wildman–Crippen MR) is 62.9 cm³/mol. The van der Waals surface area contributed by atoms with E-state index in [-0.39, 0.29) is 5.60 Å². The molecule has 1 saturated heterocycles. The average molecular weight is 259 g/mol. The minimum absolute atomic E-state index is 0.133. The molecule has 1 aliphatic carbocycles. The zero-order valence-corrected chi connectivity index (χ0v) is 10.3. The summed E-state index contributed by atoms with van der Waals surface area (Å²) in [4.78, 5) is 0. The third-order valence-electron chi connectivity index (χ3n) is 3.36. The lowest BCUT2D eigenvalue weighted by molar-refractivity contribution is -0.0599. The van der Waals surface area contributed by atoms with E-state index in [1.165, 1.54) is 38.5 Å². The summed E-state index contributed by atoms with van der Waals surface area (Å²) in [5.74, 6) is 0. The van der Waals surface area contributed by atoms with Crippen molar-refractivity contribution in [1.29, 1.82) is 0 Å². The number of ether oxygens (including phenoxy) is 1. The zero-order valence-electron chi connectivity index (χ0n) is 8.73. The number of alkyl halides is 1. The highest BCUT2D eigenvalue weighted by molar-refractivity contribution is 9.09. The monoisotopic (exact) mass is 258 g/mol. The first-order chi connectivity index (χ1) is 6.85. The van der Waals surface area contributed by atoms with Crippen LogP contribution in [0.1, 0.15) is 44.9 Å². The minimum atomic E-state index is 0.133. The molecule has 0 spiro atoms. The first kappa shape index (κ1) is 10.7. The molecular formula is C12H19BrO. The largest absolute Gasteiger partial charge is 0.374 e. The molecule has 1 fully saturated rings. The molecule has 0 aromatic heterocycles. The summed E-state index contributed by atoms with van der Waals surface area (Å²) in [7, 11) is 0. The molecule has 0 radical (unpaired) electrons. The summed E-state index contributed by atoms with van der Waals surface area (Å²) >= 11 is 3.62. The maximum absolute atomic E-state index is 5.99. The predicted octanol–water partition coefficient (Wildman–Crippen LogP) is 3.82. The smallest absolute Gasteiger partial charge is 0.0815 e. The van der Waals surface area contributed by atoms with Crippen LogP contribution in [0.15, 0.2) is 11.6 Å². The van der Waals surface area contributed by atoms with Crippen molar-refractivity contribution in [3.8, 4) is 0 Å². The Morgan fingerprint density at radius 2 is 2.29 bits per heavy atom. The van der Waals surface area contributed by atoms with E-state index in [4.69, 9.17) is 4.74 Å². The Labute approximate surface area is 95.0 Å². The Bertz CT molecular complexity index is 216. The Balaban J connectivity index is 1.96. The second-order valence-corrected chi connectivity index (χ2v) is 5.11. The van der Waals surface area contributed by atoms with Crippen LogP contribution in [0.2, 0.25) is 0 Å². The van der Waals surface area contributed by atoms with E-state index in [1.54, 1.807) is 5.57 Å². The second kappa shape index (κ2) is 4.80. The van der Waals surface area contributed by atoms with Crippen LogP contribution >= 0.6 is 15.9 Å². The van der Waals surface area contributed by atoms with Gasteiger partial charge in [-0.25, -0.2) is 0 Å².